The highest BCUT2D eigenvalue weighted by Gasteiger charge is 2.34. The minimum Gasteiger partial charge on any atom is -0.497 e. The molecule has 0 spiro atoms. The van der Waals surface area contributed by atoms with E-state index in [1.165, 1.54) is 12.1 Å². The lowest BCUT2D eigenvalue weighted by molar-refractivity contribution is -0.121. The highest BCUT2D eigenvalue weighted by atomic mass is 35.5. The Balaban J connectivity index is 1.81. The second kappa shape index (κ2) is 7.16. The highest BCUT2D eigenvalue weighted by Crippen LogP contribution is 2.41. The molecule has 3 rings (SSSR count). The van der Waals surface area contributed by atoms with Gasteiger partial charge in [0, 0.05) is 17.0 Å². The molecule has 26 heavy (non-hydrogen) atoms. The number of rotatable bonds is 4. The molecule has 1 aliphatic heterocycles. The summed E-state index contributed by atoms with van der Waals surface area (Å²) < 4.78 is 25.2. The standard InChI is InChI=1S/C20H21ClFNO3/c1-20(2)11-17(15-10-14(25-3)6-7-18(15)26-20)23-19(24)8-12-4-5-13(21)9-16(12)22/h4-7,9-10,17H,8,11H2,1-3H3,(H,23,24)/t17-/m0/s1. The summed E-state index contributed by atoms with van der Waals surface area (Å²) in [6.07, 6.45) is 0.544. The second-order valence-corrected chi connectivity index (χ2v) is 7.44. The van der Waals surface area contributed by atoms with Crippen LogP contribution in [-0.4, -0.2) is 18.6 Å². The van der Waals surface area contributed by atoms with Gasteiger partial charge in [0.2, 0.25) is 5.91 Å². The number of hydrogen-bond donors (Lipinski definition) is 1. The molecule has 1 N–H and O–H groups in total. The van der Waals surface area contributed by atoms with E-state index in [4.69, 9.17) is 21.1 Å². The van der Waals surface area contributed by atoms with Gasteiger partial charge in [0.05, 0.1) is 19.6 Å². The fourth-order valence-corrected chi connectivity index (χ4v) is 3.33. The predicted octanol–water partition coefficient (Wildman–Crippen LogP) is 4.45. The Labute approximate surface area is 157 Å². The van der Waals surface area contributed by atoms with Crippen molar-refractivity contribution in [2.24, 2.45) is 0 Å². The van der Waals surface area contributed by atoms with E-state index < -0.39 is 11.4 Å². The molecule has 1 aliphatic rings. The van der Waals surface area contributed by atoms with Crippen molar-refractivity contribution in [2.45, 2.75) is 38.3 Å². The Bertz CT molecular complexity index is 838. The Kier molecular flexibility index (Phi) is 5.10. The summed E-state index contributed by atoms with van der Waals surface area (Å²) in [6.45, 7) is 3.94. The number of carbonyl (C=O) groups is 1. The number of nitrogens with one attached hydrogen (secondary N) is 1. The number of ether oxygens (including phenoxy) is 2. The van der Waals surface area contributed by atoms with E-state index in [0.29, 0.717) is 28.5 Å². The fraction of sp³-hybridized carbons (Fsp3) is 0.350. The lowest BCUT2D eigenvalue weighted by Gasteiger charge is -2.38. The van der Waals surface area contributed by atoms with E-state index >= 15 is 0 Å². The smallest absolute Gasteiger partial charge is 0.225 e. The first-order valence-corrected chi connectivity index (χ1v) is 8.75. The summed E-state index contributed by atoms with van der Waals surface area (Å²) in [5.74, 6) is 0.657. The Morgan fingerprint density at radius 2 is 2.12 bits per heavy atom. The quantitative estimate of drug-likeness (QED) is 0.856. The molecule has 1 amide bonds. The maximum atomic E-state index is 13.9. The minimum absolute atomic E-state index is 0.0555. The number of amides is 1. The minimum atomic E-state index is -0.484. The SMILES string of the molecule is COc1ccc2c(c1)[C@@H](NC(=O)Cc1ccc(Cl)cc1F)CC(C)(C)O2. The molecule has 1 heterocycles. The number of hydrogen-bond acceptors (Lipinski definition) is 3. The van der Waals surface area contributed by atoms with Gasteiger partial charge in [-0.05, 0) is 49.7 Å². The van der Waals surface area contributed by atoms with Gasteiger partial charge in [-0.25, -0.2) is 4.39 Å². The Hall–Kier alpha value is -2.27. The van der Waals surface area contributed by atoms with E-state index in [2.05, 4.69) is 5.32 Å². The van der Waals surface area contributed by atoms with Crippen LogP contribution >= 0.6 is 11.6 Å². The van der Waals surface area contributed by atoms with Crippen LogP contribution in [0.1, 0.15) is 37.4 Å². The van der Waals surface area contributed by atoms with Gasteiger partial charge in [0.25, 0.3) is 0 Å². The van der Waals surface area contributed by atoms with Gasteiger partial charge in [-0.1, -0.05) is 17.7 Å². The largest absolute Gasteiger partial charge is 0.497 e. The molecule has 0 aromatic heterocycles. The van der Waals surface area contributed by atoms with Crippen molar-refractivity contribution >= 4 is 17.5 Å². The van der Waals surface area contributed by atoms with Gasteiger partial charge in [0.15, 0.2) is 0 Å². The molecule has 4 nitrogen and oxygen atoms in total. The van der Waals surface area contributed by atoms with Gasteiger partial charge in [-0.15, -0.1) is 0 Å². The summed E-state index contributed by atoms with van der Waals surface area (Å²) in [5, 5.41) is 3.30. The van der Waals surface area contributed by atoms with Crippen LogP contribution in [0.15, 0.2) is 36.4 Å². The van der Waals surface area contributed by atoms with Gasteiger partial charge >= 0.3 is 0 Å². The van der Waals surface area contributed by atoms with Gasteiger partial charge in [0.1, 0.15) is 22.9 Å². The van der Waals surface area contributed by atoms with E-state index in [9.17, 15) is 9.18 Å². The molecule has 6 heteroatoms. The topological polar surface area (TPSA) is 47.6 Å². The van der Waals surface area contributed by atoms with Crippen molar-refractivity contribution in [3.05, 3.63) is 58.4 Å². The van der Waals surface area contributed by atoms with E-state index in [0.717, 1.165) is 5.56 Å². The van der Waals surface area contributed by atoms with E-state index in [1.807, 2.05) is 32.0 Å². The summed E-state index contributed by atoms with van der Waals surface area (Å²) in [4.78, 5) is 12.5. The molecule has 0 aliphatic carbocycles. The summed E-state index contributed by atoms with van der Waals surface area (Å²) in [7, 11) is 1.59. The van der Waals surface area contributed by atoms with E-state index in [-0.39, 0.29) is 18.4 Å². The molecular weight excluding hydrogens is 357 g/mol. The molecule has 2 aromatic rings. The summed E-state index contributed by atoms with van der Waals surface area (Å²) in [6, 6.07) is 9.59. The van der Waals surface area contributed by atoms with Crippen LogP contribution < -0.4 is 14.8 Å². The first-order valence-electron chi connectivity index (χ1n) is 8.38. The molecule has 2 aromatic carbocycles. The Morgan fingerprint density at radius 1 is 1.35 bits per heavy atom. The van der Waals surface area contributed by atoms with E-state index in [1.54, 1.807) is 13.2 Å². The van der Waals surface area contributed by atoms with Gasteiger partial charge < -0.3 is 14.8 Å². The molecule has 0 radical (unpaired) electrons. The number of halogens is 2. The zero-order valence-corrected chi connectivity index (χ0v) is 15.7. The maximum Gasteiger partial charge on any atom is 0.225 e. The third-order valence-electron chi connectivity index (χ3n) is 4.38. The monoisotopic (exact) mass is 377 g/mol. The second-order valence-electron chi connectivity index (χ2n) is 7.00. The first kappa shape index (κ1) is 18.5. The lowest BCUT2D eigenvalue weighted by Crippen LogP contribution is -2.41. The Morgan fingerprint density at radius 3 is 2.81 bits per heavy atom. The average Bonchev–Trinajstić information content (AvgIpc) is 2.56. The molecule has 1 atom stereocenters. The molecule has 0 saturated carbocycles. The summed E-state index contributed by atoms with van der Waals surface area (Å²) >= 11 is 5.76. The number of fused-ring (bicyclic) bond motifs is 1. The zero-order chi connectivity index (χ0) is 18.9. The third-order valence-corrected chi connectivity index (χ3v) is 4.61. The van der Waals surface area contributed by atoms with Crippen LogP contribution in [0, 0.1) is 5.82 Å². The van der Waals surface area contributed by atoms with Gasteiger partial charge in [-0.2, -0.15) is 0 Å². The predicted molar refractivity (Wildman–Crippen MR) is 98.3 cm³/mol. The molecule has 0 bridgehead atoms. The van der Waals surface area contributed by atoms with Crippen molar-refractivity contribution in [3.63, 3.8) is 0 Å². The van der Waals surface area contributed by atoms with Crippen molar-refractivity contribution in [1.29, 1.82) is 0 Å². The molecule has 138 valence electrons. The van der Waals surface area contributed by atoms with Crippen LogP contribution in [0.25, 0.3) is 0 Å². The molecule has 0 unspecified atom stereocenters. The van der Waals surface area contributed by atoms with Crippen molar-refractivity contribution in [3.8, 4) is 11.5 Å². The van der Waals surface area contributed by atoms with Crippen LogP contribution in [-0.2, 0) is 11.2 Å². The summed E-state index contributed by atoms with van der Waals surface area (Å²) in [5.41, 5.74) is 0.739. The average molecular weight is 378 g/mol. The van der Waals surface area contributed by atoms with Crippen molar-refractivity contribution in [1.82, 2.24) is 5.32 Å². The maximum absolute atomic E-state index is 13.9. The normalized spacial score (nSPS) is 17.8. The highest BCUT2D eigenvalue weighted by molar-refractivity contribution is 6.30. The molecule has 0 saturated heterocycles. The van der Waals surface area contributed by atoms with Crippen molar-refractivity contribution in [2.75, 3.05) is 7.11 Å². The van der Waals surface area contributed by atoms with Crippen LogP contribution in [0.4, 0.5) is 4.39 Å². The van der Waals surface area contributed by atoms with Crippen molar-refractivity contribution < 1.29 is 18.7 Å². The lowest BCUT2D eigenvalue weighted by atomic mass is 9.89. The number of methoxy groups -OCH3 is 1. The zero-order valence-electron chi connectivity index (χ0n) is 14.9. The van der Waals surface area contributed by atoms with Gasteiger partial charge in [-0.3, -0.25) is 4.79 Å². The molecule has 0 fully saturated rings. The first-order chi connectivity index (χ1) is 12.3. The van der Waals surface area contributed by atoms with Crippen LogP contribution in [0.5, 0.6) is 11.5 Å². The molecular formula is C20H21ClFNO3. The number of benzene rings is 2. The van der Waals surface area contributed by atoms with Crippen LogP contribution in [0.3, 0.4) is 0 Å². The third kappa shape index (κ3) is 4.10. The van der Waals surface area contributed by atoms with Crippen LogP contribution in [0.2, 0.25) is 5.02 Å². The fourth-order valence-electron chi connectivity index (χ4n) is 3.17. The number of carbonyl (C=O) groups excluding carboxylic acids is 1.